The summed E-state index contributed by atoms with van der Waals surface area (Å²) in [5.74, 6) is 0.154. The molecule has 6 nitrogen and oxygen atoms in total. The molecule has 1 saturated heterocycles. The Morgan fingerprint density at radius 1 is 1.36 bits per heavy atom. The third-order valence-electron chi connectivity index (χ3n) is 4.25. The lowest BCUT2D eigenvalue weighted by Gasteiger charge is -2.39. The van der Waals surface area contributed by atoms with Crippen LogP contribution in [-0.2, 0) is 23.1 Å². The minimum Gasteiger partial charge on any atom is -0.342 e. The second kappa shape index (κ2) is 7.42. The number of hydrogen-bond acceptors (Lipinski definition) is 3. The van der Waals surface area contributed by atoms with Gasteiger partial charge in [0.05, 0.1) is 6.20 Å². The predicted octanol–water partition coefficient (Wildman–Crippen LogP) is 1.21. The molecule has 0 bridgehead atoms. The van der Waals surface area contributed by atoms with E-state index in [2.05, 4.69) is 12.0 Å². The highest BCUT2D eigenvalue weighted by Crippen LogP contribution is 2.18. The van der Waals surface area contributed by atoms with E-state index in [1.54, 1.807) is 20.7 Å². The number of piperazine rings is 1. The lowest BCUT2D eigenvalue weighted by Crippen LogP contribution is -2.57. The highest BCUT2D eigenvalue weighted by Gasteiger charge is 2.34. The van der Waals surface area contributed by atoms with Crippen LogP contribution in [0.4, 0.5) is 0 Å². The van der Waals surface area contributed by atoms with Crippen molar-refractivity contribution in [2.24, 2.45) is 7.05 Å². The Kier molecular flexibility index (Phi) is 5.57. The lowest BCUT2D eigenvalue weighted by atomic mass is 10.0. The molecule has 1 aliphatic rings. The summed E-state index contributed by atoms with van der Waals surface area (Å²) in [6.07, 6.45) is 7.59. The molecule has 0 saturated carbocycles. The highest BCUT2D eigenvalue weighted by atomic mass is 16.2. The van der Waals surface area contributed by atoms with Crippen LogP contribution in [0.2, 0.25) is 0 Å². The first-order valence-electron chi connectivity index (χ1n) is 8.05. The molecule has 1 aromatic rings. The normalized spacial score (nSPS) is 18.9. The van der Waals surface area contributed by atoms with Gasteiger partial charge in [-0.2, -0.15) is 5.10 Å². The number of aromatic nitrogens is 2. The average molecular weight is 306 g/mol. The molecule has 6 heteroatoms. The number of carbonyl (C=O) groups is 2. The average Bonchev–Trinajstić information content (AvgIpc) is 2.92. The van der Waals surface area contributed by atoms with Crippen molar-refractivity contribution in [1.82, 2.24) is 19.6 Å². The van der Waals surface area contributed by atoms with Gasteiger partial charge in [-0.05, 0) is 18.4 Å². The van der Waals surface area contributed by atoms with Gasteiger partial charge < -0.3 is 9.80 Å². The van der Waals surface area contributed by atoms with Crippen LogP contribution in [0.5, 0.6) is 0 Å². The molecule has 2 heterocycles. The molecule has 2 rings (SSSR count). The first-order valence-corrected chi connectivity index (χ1v) is 8.05. The Morgan fingerprint density at radius 2 is 2.14 bits per heavy atom. The second-order valence-corrected chi connectivity index (χ2v) is 6.03. The molecule has 0 radical (unpaired) electrons. The molecule has 0 spiro atoms. The van der Waals surface area contributed by atoms with Crippen LogP contribution in [0.3, 0.4) is 0 Å². The van der Waals surface area contributed by atoms with Crippen LogP contribution in [0.1, 0.15) is 38.2 Å². The number of unbranched alkanes of at least 4 members (excludes halogenated alkanes) is 1. The molecule has 122 valence electrons. The summed E-state index contributed by atoms with van der Waals surface area (Å²) in [6.45, 7) is 3.37. The van der Waals surface area contributed by atoms with Crippen LogP contribution in [-0.4, -0.2) is 57.6 Å². The molecule has 0 aromatic carbocycles. The molecule has 2 amide bonds. The number of aryl methyl sites for hydroxylation is 2. The maximum atomic E-state index is 12.5. The number of likely N-dealkylation sites (N-methyl/N-ethyl adjacent to an activating group) is 1. The van der Waals surface area contributed by atoms with E-state index in [0.717, 1.165) is 24.8 Å². The summed E-state index contributed by atoms with van der Waals surface area (Å²) in [5, 5.41) is 4.12. The minimum absolute atomic E-state index is 0.0754. The monoisotopic (exact) mass is 306 g/mol. The molecule has 22 heavy (non-hydrogen) atoms. The maximum absolute atomic E-state index is 12.5. The fourth-order valence-electron chi connectivity index (χ4n) is 2.88. The van der Waals surface area contributed by atoms with Crippen LogP contribution < -0.4 is 0 Å². The minimum atomic E-state index is -0.278. The van der Waals surface area contributed by atoms with Crippen molar-refractivity contribution < 1.29 is 9.59 Å². The zero-order valence-corrected chi connectivity index (χ0v) is 13.8. The third-order valence-corrected chi connectivity index (χ3v) is 4.25. The fourth-order valence-corrected chi connectivity index (χ4v) is 2.88. The van der Waals surface area contributed by atoms with Gasteiger partial charge >= 0.3 is 0 Å². The van der Waals surface area contributed by atoms with E-state index in [9.17, 15) is 9.59 Å². The Hall–Kier alpha value is -1.85. The summed E-state index contributed by atoms with van der Waals surface area (Å²) < 4.78 is 1.74. The molecule has 1 fully saturated rings. The van der Waals surface area contributed by atoms with Gasteiger partial charge in [-0.3, -0.25) is 14.3 Å². The van der Waals surface area contributed by atoms with E-state index >= 15 is 0 Å². The fraction of sp³-hybridized carbons (Fsp3) is 0.688. The molecular weight excluding hydrogens is 280 g/mol. The molecule has 1 atom stereocenters. The van der Waals surface area contributed by atoms with Gasteiger partial charge in [0.1, 0.15) is 6.04 Å². The number of hydrogen-bond donors (Lipinski definition) is 0. The third kappa shape index (κ3) is 3.87. The lowest BCUT2D eigenvalue weighted by molar-refractivity contribution is -0.150. The van der Waals surface area contributed by atoms with E-state index in [-0.39, 0.29) is 17.9 Å². The van der Waals surface area contributed by atoms with E-state index in [0.29, 0.717) is 25.9 Å². The number of rotatable bonds is 6. The van der Waals surface area contributed by atoms with Crippen LogP contribution in [0.25, 0.3) is 0 Å². The van der Waals surface area contributed by atoms with Crippen molar-refractivity contribution in [3.8, 4) is 0 Å². The van der Waals surface area contributed by atoms with Gasteiger partial charge in [-0.15, -0.1) is 0 Å². The van der Waals surface area contributed by atoms with Gasteiger partial charge in [0.25, 0.3) is 0 Å². The molecular formula is C16H26N4O2. The first-order chi connectivity index (χ1) is 10.5. The van der Waals surface area contributed by atoms with Gasteiger partial charge in [0, 0.05) is 39.8 Å². The van der Waals surface area contributed by atoms with Crippen molar-refractivity contribution in [3.63, 3.8) is 0 Å². The first kappa shape index (κ1) is 16.5. The largest absolute Gasteiger partial charge is 0.342 e. The SMILES string of the molecule is CCCCC1C(=O)N(C)CCN1C(=O)CCc1cnn(C)c1. The number of carbonyl (C=O) groups excluding carboxylic acids is 2. The molecule has 0 N–H and O–H groups in total. The van der Waals surface area contributed by atoms with Crippen LogP contribution in [0, 0.1) is 0 Å². The van der Waals surface area contributed by atoms with Crippen molar-refractivity contribution >= 4 is 11.8 Å². The smallest absolute Gasteiger partial charge is 0.245 e. The quantitative estimate of drug-likeness (QED) is 0.794. The Morgan fingerprint density at radius 3 is 2.77 bits per heavy atom. The molecule has 1 aliphatic heterocycles. The zero-order valence-electron chi connectivity index (χ0n) is 13.8. The Labute approximate surface area is 132 Å². The summed E-state index contributed by atoms with van der Waals surface area (Å²) in [5.41, 5.74) is 1.06. The van der Waals surface area contributed by atoms with E-state index in [1.807, 2.05) is 20.3 Å². The second-order valence-electron chi connectivity index (χ2n) is 6.03. The van der Waals surface area contributed by atoms with Crippen molar-refractivity contribution in [2.75, 3.05) is 20.1 Å². The summed E-state index contributed by atoms with van der Waals surface area (Å²) >= 11 is 0. The van der Waals surface area contributed by atoms with E-state index < -0.39 is 0 Å². The summed E-state index contributed by atoms with van der Waals surface area (Å²) in [4.78, 5) is 28.4. The van der Waals surface area contributed by atoms with Gasteiger partial charge in [-0.1, -0.05) is 19.8 Å². The summed E-state index contributed by atoms with van der Waals surface area (Å²) in [7, 11) is 3.68. The van der Waals surface area contributed by atoms with Gasteiger partial charge in [0.2, 0.25) is 11.8 Å². The van der Waals surface area contributed by atoms with Crippen molar-refractivity contribution in [3.05, 3.63) is 18.0 Å². The molecule has 1 unspecified atom stereocenters. The maximum Gasteiger partial charge on any atom is 0.245 e. The van der Waals surface area contributed by atoms with Gasteiger partial charge in [0.15, 0.2) is 0 Å². The van der Waals surface area contributed by atoms with Gasteiger partial charge in [-0.25, -0.2) is 0 Å². The number of amides is 2. The van der Waals surface area contributed by atoms with Crippen molar-refractivity contribution in [1.29, 1.82) is 0 Å². The van der Waals surface area contributed by atoms with E-state index in [4.69, 9.17) is 0 Å². The molecule has 0 aliphatic carbocycles. The predicted molar refractivity (Wildman–Crippen MR) is 84.2 cm³/mol. The highest BCUT2D eigenvalue weighted by molar-refractivity contribution is 5.88. The Bertz CT molecular complexity index is 526. The standard InChI is InChI=1S/C16H26N4O2/c1-4-5-6-14-16(22)18(2)9-10-20(14)15(21)8-7-13-11-17-19(3)12-13/h11-12,14H,4-10H2,1-3H3. The topological polar surface area (TPSA) is 58.4 Å². The van der Waals surface area contributed by atoms with Crippen LogP contribution in [0.15, 0.2) is 12.4 Å². The summed E-state index contributed by atoms with van der Waals surface area (Å²) in [6, 6.07) is -0.278. The van der Waals surface area contributed by atoms with E-state index in [1.165, 1.54) is 0 Å². The van der Waals surface area contributed by atoms with Crippen LogP contribution >= 0.6 is 0 Å². The molecule has 1 aromatic heterocycles. The zero-order chi connectivity index (χ0) is 16.1. The number of nitrogens with zero attached hydrogens (tertiary/aromatic N) is 4. The van der Waals surface area contributed by atoms with Crippen molar-refractivity contribution in [2.45, 2.75) is 45.1 Å². The Balaban J connectivity index is 1.97.